The highest BCUT2D eigenvalue weighted by molar-refractivity contribution is 5.52. The lowest BCUT2D eigenvalue weighted by Gasteiger charge is -2.39. The molecule has 1 aromatic carbocycles. The molecule has 1 aromatic rings. The zero-order valence-corrected chi connectivity index (χ0v) is 13.6. The average molecular weight is 310 g/mol. The van der Waals surface area contributed by atoms with Crippen LogP contribution in [0.2, 0.25) is 0 Å². The number of nitrogens with zero attached hydrogens (tertiary/aromatic N) is 2. The molecule has 2 bridgehead atoms. The first-order valence-electron chi connectivity index (χ1n) is 9.03. The Morgan fingerprint density at radius 1 is 1.09 bits per heavy atom. The van der Waals surface area contributed by atoms with E-state index in [1.165, 1.54) is 37.8 Å². The minimum atomic E-state index is 0.325. The molecule has 3 fully saturated rings. The molecule has 4 heteroatoms. The number of nitriles is 1. The van der Waals surface area contributed by atoms with Crippen LogP contribution in [-0.2, 0) is 0 Å². The van der Waals surface area contributed by atoms with Gasteiger partial charge in [-0.15, -0.1) is 0 Å². The van der Waals surface area contributed by atoms with E-state index in [1.54, 1.807) is 0 Å². The van der Waals surface area contributed by atoms with Gasteiger partial charge in [-0.3, -0.25) is 0 Å². The van der Waals surface area contributed by atoms with E-state index in [1.807, 2.05) is 12.1 Å². The van der Waals surface area contributed by atoms with E-state index in [0.29, 0.717) is 24.2 Å². The van der Waals surface area contributed by atoms with Gasteiger partial charge in [-0.25, -0.2) is 0 Å². The predicted octanol–water partition coefficient (Wildman–Crippen LogP) is 2.38. The summed E-state index contributed by atoms with van der Waals surface area (Å²) in [6, 6.07) is 12.2. The fraction of sp³-hybridized carbons (Fsp3) is 0.632. The van der Waals surface area contributed by atoms with Gasteiger partial charge in [-0.05, 0) is 55.9 Å². The van der Waals surface area contributed by atoms with Crippen LogP contribution in [-0.4, -0.2) is 30.7 Å². The highest BCUT2D eigenvalue weighted by Crippen LogP contribution is 2.41. The third-order valence-corrected chi connectivity index (χ3v) is 6.06. The smallest absolute Gasteiger partial charge is 0.0991 e. The van der Waals surface area contributed by atoms with Crippen molar-refractivity contribution < 1.29 is 0 Å². The second-order valence-electron chi connectivity index (χ2n) is 7.54. The molecule has 122 valence electrons. The van der Waals surface area contributed by atoms with Crippen molar-refractivity contribution in [1.29, 1.82) is 5.26 Å². The number of piperidine rings is 1. The van der Waals surface area contributed by atoms with Crippen molar-refractivity contribution >= 4 is 5.69 Å². The number of anilines is 1. The monoisotopic (exact) mass is 310 g/mol. The fourth-order valence-corrected chi connectivity index (χ4v) is 4.87. The van der Waals surface area contributed by atoms with Crippen molar-refractivity contribution in [3.05, 3.63) is 29.8 Å². The lowest BCUT2D eigenvalue weighted by molar-refractivity contribution is 0.279. The second kappa shape index (κ2) is 6.14. The van der Waals surface area contributed by atoms with Crippen molar-refractivity contribution in [3.63, 3.8) is 0 Å². The van der Waals surface area contributed by atoms with Gasteiger partial charge in [-0.1, -0.05) is 12.8 Å². The van der Waals surface area contributed by atoms with Gasteiger partial charge >= 0.3 is 0 Å². The molecule has 0 spiro atoms. The van der Waals surface area contributed by atoms with Gasteiger partial charge in [0.1, 0.15) is 0 Å². The Morgan fingerprint density at radius 2 is 1.87 bits per heavy atom. The van der Waals surface area contributed by atoms with Crippen LogP contribution < -0.4 is 16.0 Å². The van der Waals surface area contributed by atoms with Gasteiger partial charge in [0.2, 0.25) is 0 Å². The van der Waals surface area contributed by atoms with E-state index in [4.69, 9.17) is 11.0 Å². The van der Waals surface area contributed by atoms with E-state index in [-0.39, 0.29) is 0 Å². The lowest BCUT2D eigenvalue weighted by Crippen LogP contribution is -2.56. The molecule has 23 heavy (non-hydrogen) atoms. The maximum atomic E-state index is 8.96. The topological polar surface area (TPSA) is 65.1 Å². The molecule has 5 atom stereocenters. The highest BCUT2D eigenvalue weighted by Gasteiger charge is 2.45. The largest absolute Gasteiger partial charge is 0.367 e. The van der Waals surface area contributed by atoms with Gasteiger partial charge in [0, 0.05) is 36.4 Å². The van der Waals surface area contributed by atoms with E-state index in [9.17, 15) is 0 Å². The second-order valence-corrected chi connectivity index (χ2v) is 7.54. The Labute approximate surface area is 138 Å². The average Bonchev–Trinajstić information content (AvgIpc) is 3.17. The normalized spacial score (nSPS) is 36.2. The van der Waals surface area contributed by atoms with Crippen molar-refractivity contribution in [2.75, 3.05) is 11.4 Å². The Kier molecular flexibility index (Phi) is 4.00. The SMILES string of the molecule is N#Cc1ccc(N2C[C@@H]3C[C@H](N[C@@H]4CCCC[C@H]4N)[C@H]2C3)cc1. The molecule has 1 saturated heterocycles. The van der Waals surface area contributed by atoms with Gasteiger partial charge in [0.05, 0.1) is 11.6 Å². The van der Waals surface area contributed by atoms with E-state index >= 15 is 0 Å². The van der Waals surface area contributed by atoms with Crippen LogP contribution in [0.4, 0.5) is 5.69 Å². The Balaban J connectivity index is 1.46. The molecule has 0 aromatic heterocycles. The van der Waals surface area contributed by atoms with Crippen LogP contribution in [0.25, 0.3) is 0 Å². The first-order chi connectivity index (χ1) is 11.2. The summed E-state index contributed by atoms with van der Waals surface area (Å²) in [5.74, 6) is 0.799. The minimum Gasteiger partial charge on any atom is -0.367 e. The molecule has 4 rings (SSSR count). The molecule has 2 aliphatic carbocycles. The third kappa shape index (κ3) is 2.84. The van der Waals surface area contributed by atoms with Crippen LogP contribution in [0.3, 0.4) is 0 Å². The van der Waals surface area contributed by atoms with Crippen LogP contribution in [0, 0.1) is 17.2 Å². The molecular formula is C19H26N4. The summed E-state index contributed by atoms with van der Waals surface area (Å²) in [6.07, 6.45) is 7.57. The number of rotatable bonds is 3. The van der Waals surface area contributed by atoms with Crippen molar-refractivity contribution in [1.82, 2.24) is 5.32 Å². The first kappa shape index (κ1) is 15.0. The summed E-state index contributed by atoms with van der Waals surface area (Å²) in [7, 11) is 0. The maximum absolute atomic E-state index is 8.96. The van der Waals surface area contributed by atoms with Crippen LogP contribution in [0.15, 0.2) is 24.3 Å². The minimum absolute atomic E-state index is 0.325. The summed E-state index contributed by atoms with van der Waals surface area (Å²) in [5, 5.41) is 12.9. The molecule has 2 saturated carbocycles. The standard InChI is InChI=1S/C19H26N4/c20-11-13-5-7-15(8-6-13)23-12-14-9-18(19(23)10-14)22-17-4-2-1-3-16(17)21/h5-8,14,16-19,22H,1-4,9-10,12,21H2/t14-,16-,17-,18+,19-/m1/s1. The molecule has 3 aliphatic rings. The molecule has 4 nitrogen and oxygen atoms in total. The lowest BCUT2D eigenvalue weighted by atomic mass is 9.89. The number of nitrogens with two attached hydrogens (primary N) is 1. The molecule has 3 N–H and O–H groups in total. The first-order valence-corrected chi connectivity index (χ1v) is 9.03. The Morgan fingerprint density at radius 3 is 2.57 bits per heavy atom. The summed E-state index contributed by atoms with van der Waals surface area (Å²) in [6.45, 7) is 1.16. The molecule has 1 heterocycles. The molecule has 0 amide bonds. The van der Waals surface area contributed by atoms with Gasteiger partial charge in [0.25, 0.3) is 0 Å². The molecular weight excluding hydrogens is 284 g/mol. The van der Waals surface area contributed by atoms with E-state index in [0.717, 1.165) is 24.4 Å². The van der Waals surface area contributed by atoms with Gasteiger partial charge in [-0.2, -0.15) is 5.26 Å². The summed E-state index contributed by atoms with van der Waals surface area (Å²) >= 11 is 0. The number of benzene rings is 1. The predicted molar refractivity (Wildman–Crippen MR) is 92.2 cm³/mol. The van der Waals surface area contributed by atoms with Crippen LogP contribution in [0.1, 0.15) is 44.1 Å². The summed E-state index contributed by atoms with van der Waals surface area (Å²) < 4.78 is 0. The quantitative estimate of drug-likeness (QED) is 0.899. The van der Waals surface area contributed by atoms with Gasteiger partial charge < -0.3 is 16.0 Å². The van der Waals surface area contributed by atoms with Gasteiger partial charge in [0.15, 0.2) is 0 Å². The van der Waals surface area contributed by atoms with Crippen molar-refractivity contribution in [3.8, 4) is 6.07 Å². The van der Waals surface area contributed by atoms with Crippen molar-refractivity contribution in [2.24, 2.45) is 11.7 Å². The van der Waals surface area contributed by atoms with Crippen molar-refractivity contribution in [2.45, 2.75) is 62.7 Å². The fourth-order valence-electron chi connectivity index (χ4n) is 4.87. The summed E-state index contributed by atoms with van der Waals surface area (Å²) in [5.41, 5.74) is 8.32. The van der Waals surface area contributed by atoms with E-state index in [2.05, 4.69) is 28.4 Å². The van der Waals surface area contributed by atoms with Crippen LogP contribution >= 0.6 is 0 Å². The number of fused-ring (bicyclic) bond motifs is 2. The zero-order chi connectivity index (χ0) is 15.8. The third-order valence-electron chi connectivity index (χ3n) is 6.06. The maximum Gasteiger partial charge on any atom is 0.0991 e. The molecule has 1 aliphatic heterocycles. The highest BCUT2D eigenvalue weighted by atomic mass is 15.2. The van der Waals surface area contributed by atoms with E-state index < -0.39 is 0 Å². The summed E-state index contributed by atoms with van der Waals surface area (Å²) in [4.78, 5) is 2.54. The number of hydrogen-bond acceptors (Lipinski definition) is 4. The Hall–Kier alpha value is -1.57. The zero-order valence-electron chi connectivity index (χ0n) is 13.6. The molecule has 0 radical (unpaired) electrons. The van der Waals surface area contributed by atoms with Crippen LogP contribution in [0.5, 0.6) is 0 Å². The Bertz CT molecular complexity index is 590. The number of nitrogens with one attached hydrogen (secondary N) is 1. The number of hydrogen-bond donors (Lipinski definition) is 2. The molecule has 0 unspecified atom stereocenters.